The molecule has 0 saturated heterocycles. The van der Waals surface area contributed by atoms with Gasteiger partial charge in [-0.3, -0.25) is 25.7 Å². The van der Waals surface area contributed by atoms with Gasteiger partial charge in [-0.05, 0) is 23.8 Å². The molecule has 0 bridgehead atoms. The van der Waals surface area contributed by atoms with Crippen LogP contribution in [0, 0.1) is 20.2 Å². The molecule has 120 valence electrons. The number of benzene rings is 2. The maximum Gasteiger partial charge on any atom is 0.301 e. The van der Waals surface area contributed by atoms with Gasteiger partial charge in [-0.1, -0.05) is 6.07 Å². The van der Waals surface area contributed by atoms with E-state index >= 15 is 0 Å². The van der Waals surface area contributed by atoms with Crippen molar-refractivity contribution in [3.8, 4) is 0 Å². The summed E-state index contributed by atoms with van der Waals surface area (Å²) >= 11 is 0. The monoisotopic (exact) mass is 327 g/mol. The number of non-ortho nitro benzene ring substituents is 1. The van der Waals surface area contributed by atoms with Crippen LogP contribution in [-0.2, 0) is 0 Å². The van der Waals surface area contributed by atoms with Crippen molar-refractivity contribution in [2.24, 2.45) is 5.10 Å². The molecule has 3 aromatic rings. The Morgan fingerprint density at radius 1 is 1.04 bits per heavy atom. The number of anilines is 1. The molecule has 11 nitrogen and oxygen atoms in total. The average molecular weight is 327 g/mol. The number of aromatic nitrogens is 3. The van der Waals surface area contributed by atoms with Crippen LogP contribution in [0.15, 0.2) is 41.5 Å². The van der Waals surface area contributed by atoms with Crippen molar-refractivity contribution < 1.29 is 9.85 Å². The average Bonchev–Trinajstić information content (AvgIpc) is 3.02. The van der Waals surface area contributed by atoms with Crippen LogP contribution in [0.3, 0.4) is 0 Å². The summed E-state index contributed by atoms with van der Waals surface area (Å²) < 4.78 is 0. The van der Waals surface area contributed by atoms with Crippen LogP contribution in [-0.4, -0.2) is 31.5 Å². The van der Waals surface area contributed by atoms with Crippen LogP contribution in [0.4, 0.5) is 17.1 Å². The molecule has 3 rings (SSSR count). The van der Waals surface area contributed by atoms with E-state index in [1.807, 2.05) is 0 Å². The molecule has 0 aliphatic rings. The van der Waals surface area contributed by atoms with Crippen LogP contribution >= 0.6 is 0 Å². The van der Waals surface area contributed by atoms with Crippen molar-refractivity contribution in [2.45, 2.75) is 0 Å². The van der Waals surface area contributed by atoms with Crippen molar-refractivity contribution in [1.29, 1.82) is 0 Å². The Morgan fingerprint density at radius 3 is 2.58 bits per heavy atom. The summed E-state index contributed by atoms with van der Waals surface area (Å²) in [5.41, 5.74) is 3.81. The second-order valence-corrected chi connectivity index (χ2v) is 4.66. The van der Waals surface area contributed by atoms with E-state index in [0.717, 1.165) is 12.1 Å². The van der Waals surface area contributed by atoms with Gasteiger partial charge in [0.25, 0.3) is 5.69 Å². The molecule has 0 unspecified atom stereocenters. The SMILES string of the molecule is O=[N+]([O-])c1ccc(N/N=C/c2ccc3n[nH]nc3c2)c([N+](=O)[O-])c1. The number of nitrogens with one attached hydrogen (secondary N) is 2. The maximum atomic E-state index is 11.0. The molecule has 1 aromatic heterocycles. The summed E-state index contributed by atoms with van der Waals surface area (Å²) in [6.45, 7) is 0. The fourth-order valence-electron chi connectivity index (χ4n) is 1.99. The van der Waals surface area contributed by atoms with Crippen molar-refractivity contribution in [3.05, 3.63) is 62.2 Å². The number of aromatic amines is 1. The zero-order valence-electron chi connectivity index (χ0n) is 11.9. The minimum Gasteiger partial charge on any atom is -0.272 e. The first-order chi connectivity index (χ1) is 11.5. The molecular weight excluding hydrogens is 318 g/mol. The number of H-pyrrole nitrogens is 1. The van der Waals surface area contributed by atoms with Gasteiger partial charge < -0.3 is 0 Å². The molecule has 11 heteroatoms. The quantitative estimate of drug-likeness (QED) is 0.414. The van der Waals surface area contributed by atoms with E-state index in [-0.39, 0.29) is 11.4 Å². The Morgan fingerprint density at radius 2 is 1.83 bits per heavy atom. The second kappa shape index (κ2) is 6.08. The van der Waals surface area contributed by atoms with E-state index < -0.39 is 15.5 Å². The van der Waals surface area contributed by atoms with Crippen LogP contribution in [0.25, 0.3) is 11.0 Å². The molecule has 0 fully saturated rings. The molecule has 0 aliphatic carbocycles. The second-order valence-electron chi connectivity index (χ2n) is 4.66. The minimum absolute atomic E-state index is 0.0457. The third-order valence-electron chi connectivity index (χ3n) is 3.13. The zero-order chi connectivity index (χ0) is 17.1. The van der Waals surface area contributed by atoms with Crippen LogP contribution in [0.5, 0.6) is 0 Å². The van der Waals surface area contributed by atoms with Gasteiger partial charge in [0.15, 0.2) is 0 Å². The van der Waals surface area contributed by atoms with Gasteiger partial charge in [0.2, 0.25) is 0 Å². The smallest absolute Gasteiger partial charge is 0.272 e. The molecule has 2 N–H and O–H groups in total. The highest BCUT2D eigenvalue weighted by molar-refractivity contribution is 5.87. The Labute approximate surface area is 133 Å². The Bertz CT molecular complexity index is 966. The van der Waals surface area contributed by atoms with Crippen molar-refractivity contribution in [2.75, 3.05) is 5.43 Å². The number of nitro benzene ring substituents is 2. The highest BCUT2D eigenvalue weighted by atomic mass is 16.6. The summed E-state index contributed by atoms with van der Waals surface area (Å²) in [5.74, 6) is 0. The van der Waals surface area contributed by atoms with Gasteiger partial charge >= 0.3 is 5.69 Å². The van der Waals surface area contributed by atoms with E-state index in [9.17, 15) is 20.2 Å². The predicted octanol–water partition coefficient (Wildman–Crippen LogP) is 2.22. The number of hydrazone groups is 1. The summed E-state index contributed by atoms with van der Waals surface area (Å²) in [7, 11) is 0. The number of hydrogen-bond acceptors (Lipinski definition) is 8. The standard InChI is InChI=1S/C13H9N7O4/c21-19(22)9-2-4-11(13(6-9)20(23)24)15-14-7-8-1-3-10-12(5-8)17-18-16-10/h1-7,15H,(H,16,17,18)/b14-7+. The topological polar surface area (TPSA) is 152 Å². The molecule has 1 heterocycles. The zero-order valence-corrected chi connectivity index (χ0v) is 11.9. The van der Waals surface area contributed by atoms with Crippen molar-refractivity contribution >= 4 is 34.3 Å². The number of nitrogens with zero attached hydrogens (tertiary/aromatic N) is 5. The number of hydrogen-bond donors (Lipinski definition) is 2. The van der Waals surface area contributed by atoms with Crippen LogP contribution in [0.2, 0.25) is 0 Å². The van der Waals surface area contributed by atoms with Crippen LogP contribution < -0.4 is 5.43 Å². The lowest BCUT2D eigenvalue weighted by atomic mass is 10.2. The normalized spacial score (nSPS) is 11.0. The summed E-state index contributed by atoms with van der Waals surface area (Å²) in [5, 5.41) is 36.0. The van der Waals surface area contributed by atoms with Gasteiger partial charge in [0, 0.05) is 6.07 Å². The predicted molar refractivity (Wildman–Crippen MR) is 84.9 cm³/mol. The van der Waals surface area contributed by atoms with Gasteiger partial charge in [0.1, 0.15) is 16.7 Å². The molecule has 0 atom stereocenters. The van der Waals surface area contributed by atoms with Gasteiger partial charge in [-0.2, -0.15) is 20.5 Å². The highest BCUT2D eigenvalue weighted by Crippen LogP contribution is 2.28. The van der Waals surface area contributed by atoms with Crippen molar-refractivity contribution in [1.82, 2.24) is 15.4 Å². The summed E-state index contributed by atoms with van der Waals surface area (Å²) in [4.78, 5) is 20.3. The number of nitro groups is 2. The first kappa shape index (κ1) is 15.0. The first-order valence-corrected chi connectivity index (χ1v) is 6.57. The molecule has 0 spiro atoms. The van der Waals surface area contributed by atoms with Crippen LogP contribution in [0.1, 0.15) is 5.56 Å². The summed E-state index contributed by atoms with van der Waals surface area (Å²) in [6, 6.07) is 8.49. The third kappa shape index (κ3) is 2.99. The van der Waals surface area contributed by atoms with E-state index in [0.29, 0.717) is 16.6 Å². The van der Waals surface area contributed by atoms with Gasteiger partial charge in [0.05, 0.1) is 22.1 Å². The van der Waals surface area contributed by atoms with Gasteiger partial charge in [-0.15, -0.1) is 0 Å². The summed E-state index contributed by atoms with van der Waals surface area (Å²) in [6.07, 6.45) is 1.44. The largest absolute Gasteiger partial charge is 0.301 e. The van der Waals surface area contributed by atoms with E-state index in [1.54, 1.807) is 18.2 Å². The number of rotatable bonds is 5. The molecular formula is C13H9N7O4. The number of fused-ring (bicyclic) bond motifs is 1. The fourth-order valence-corrected chi connectivity index (χ4v) is 1.99. The molecule has 0 saturated carbocycles. The van der Waals surface area contributed by atoms with E-state index in [2.05, 4.69) is 25.9 Å². The Hall–Kier alpha value is -3.89. The first-order valence-electron chi connectivity index (χ1n) is 6.57. The Kier molecular flexibility index (Phi) is 3.81. The third-order valence-corrected chi connectivity index (χ3v) is 3.13. The lowest BCUT2D eigenvalue weighted by Crippen LogP contribution is -1.98. The molecule has 0 aliphatic heterocycles. The lowest BCUT2D eigenvalue weighted by molar-refractivity contribution is -0.393. The maximum absolute atomic E-state index is 11.0. The van der Waals surface area contributed by atoms with Crippen molar-refractivity contribution in [3.63, 3.8) is 0 Å². The lowest BCUT2D eigenvalue weighted by Gasteiger charge is -2.01. The highest BCUT2D eigenvalue weighted by Gasteiger charge is 2.19. The van der Waals surface area contributed by atoms with E-state index in [4.69, 9.17) is 0 Å². The Balaban J connectivity index is 1.82. The molecule has 24 heavy (non-hydrogen) atoms. The van der Waals surface area contributed by atoms with Gasteiger partial charge in [-0.25, -0.2) is 0 Å². The molecule has 0 radical (unpaired) electrons. The fraction of sp³-hybridized carbons (Fsp3) is 0. The molecule has 2 aromatic carbocycles. The minimum atomic E-state index is -0.716. The molecule has 0 amide bonds. The van der Waals surface area contributed by atoms with E-state index in [1.165, 1.54) is 12.3 Å².